The molecule has 0 atom stereocenters. The highest BCUT2D eigenvalue weighted by atomic mass is 16.1. The second kappa shape index (κ2) is 6.77. The number of hydrogen-bond acceptors (Lipinski definition) is 5. The van der Waals surface area contributed by atoms with Crippen molar-refractivity contribution in [2.45, 2.75) is 6.42 Å². The second-order valence-corrected chi connectivity index (χ2v) is 6.21. The van der Waals surface area contributed by atoms with Crippen LogP contribution in [0.3, 0.4) is 0 Å². The van der Waals surface area contributed by atoms with Gasteiger partial charge in [0, 0.05) is 18.2 Å². The molecule has 3 aromatic rings. The lowest BCUT2D eigenvalue weighted by molar-refractivity contribution is 0.0978. The van der Waals surface area contributed by atoms with Crippen molar-refractivity contribution < 1.29 is 9.59 Å². The van der Waals surface area contributed by atoms with Gasteiger partial charge in [-0.25, -0.2) is 9.97 Å². The molecule has 0 saturated heterocycles. The van der Waals surface area contributed by atoms with Crippen molar-refractivity contribution in [2.24, 2.45) is 0 Å². The van der Waals surface area contributed by atoms with Crippen molar-refractivity contribution in [3.63, 3.8) is 0 Å². The van der Waals surface area contributed by atoms with Crippen molar-refractivity contribution in [2.75, 3.05) is 0 Å². The molecule has 0 radical (unpaired) electrons. The van der Waals surface area contributed by atoms with Gasteiger partial charge in [-0.3, -0.25) is 9.59 Å². The lowest BCUT2D eigenvalue weighted by Crippen LogP contribution is -2.20. The lowest BCUT2D eigenvalue weighted by atomic mass is 9.90. The summed E-state index contributed by atoms with van der Waals surface area (Å²) < 4.78 is 0. The molecule has 0 aliphatic heterocycles. The molecule has 5 heteroatoms. The van der Waals surface area contributed by atoms with Crippen LogP contribution in [0, 0.1) is 11.3 Å². The first-order valence-electron chi connectivity index (χ1n) is 8.35. The summed E-state index contributed by atoms with van der Waals surface area (Å²) in [5, 5.41) is 9.03. The molecular weight excluding hydrogens is 338 g/mol. The molecule has 1 heterocycles. The normalized spacial score (nSPS) is 12.9. The van der Waals surface area contributed by atoms with Crippen LogP contribution in [0.4, 0.5) is 0 Å². The third-order valence-corrected chi connectivity index (χ3v) is 4.46. The van der Waals surface area contributed by atoms with Crippen molar-refractivity contribution in [3.05, 3.63) is 95.1 Å². The Morgan fingerprint density at radius 3 is 2.59 bits per heavy atom. The fraction of sp³-hybridized carbons (Fsp3) is 0.0455. The van der Waals surface area contributed by atoms with E-state index in [1.54, 1.807) is 6.07 Å². The number of aromatic nitrogens is 2. The molecule has 0 spiro atoms. The first kappa shape index (κ1) is 16.6. The number of carbonyl (C=O) groups is 2. The Balaban J connectivity index is 1.58. The van der Waals surface area contributed by atoms with Crippen LogP contribution in [0.5, 0.6) is 0 Å². The third-order valence-electron chi connectivity index (χ3n) is 4.46. The van der Waals surface area contributed by atoms with Crippen molar-refractivity contribution >= 4 is 11.6 Å². The second-order valence-electron chi connectivity index (χ2n) is 6.21. The van der Waals surface area contributed by atoms with E-state index in [2.05, 4.69) is 16.0 Å². The Labute approximate surface area is 155 Å². The van der Waals surface area contributed by atoms with Crippen LogP contribution in [0.1, 0.15) is 32.0 Å². The third kappa shape index (κ3) is 3.16. The van der Waals surface area contributed by atoms with Crippen molar-refractivity contribution in [3.8, 4) is 17.2 Å². The maximum absolute atomic E-state index is 12.6. The van der Waals surface area contributed by atoms with Gasteiger partial charge >= 0.3 is 0 Å². The highest BCUT2D eigenvalue weighted by molar-refractivity contribution is 6.23. The number of allylic oxidation sites excluding steroid dienone is 2. The van der Waals surface area contributed by atoms with Crippen LogP contribution in [0.25, 0.3) is 11.1 Å². The fourth-order valence-corrected chi connectivity index (χ4v) is 3.09. The summed E-state index contributed by atoms with van der Waals surface area (Å²) in [5.74, 6) is -0.483. The summed E-state index contributed by atoms with van der Waals surface area (Å²) in [6.07, 6.45) is 4.38. The summed E-state index contributed by atoms with van der Waals surface area (Å²) in [6, 6.07) is 17.2. The zero-order chi connectivity index (χ0) is 18.8. The molecule has 4 rings (SSSR count). The van der Waals surface area contributed by atoms with Gasteiger partial charge in [-0.05, 0) is 34.9 Å². The van der Waals surface area contributed by atoms with Gasteiger partial charge in [0.25, 0.3) is 0 Å². The first-order chi connectivity index (χ1) is 13.2. The molecule has 2 aromatic carbocycles. The molecule has 0 fully saturated rings. The lowest BCUT2D eigenvalue weighted by Gasteiger charge is -2.14. The number of fused-ring (bicyclic) bond motifs is 1. The highest BCUT2D eigenvalue weighted by Gasteiger charge is 2.26. The molecule has 0 saturated carbocycles. The topological polar surface area (TPSA) is 83.7 Å². The fourth-order valence-electron chi connectivity index (χ4n) is 3.09. The number of hydrogen-bond donors (Lipinski definition) is 0. The van der Waals surface area contributed by atoms with E-state index in [1.165, 1.54) is 18.6 Å². The SMILES string of the molecule is N#Cc1cccc(-c2ccc(CC3=CC(=O)c4ncncc4C3=O)cc2)c1. The molecule has 0 N–H and O–H groups in total. The summed E-state index contributed by atoms with van der Waals surface area (Å²) >= 11 is 0. The van der Waals surface area contributed by atoms with Gasteiger partial charge in [0.2, 0.25) is 5.78 Å². The molecule has 5 nitrogen and oxygen atoms in total. The molecular formula is C22H13N3O2. The summed E-state index contributed by atoms with van der Waals surface area (Å²) in [4.78, 5) is 32.5. The van der Waals surface area contributed by atoms with E-state index in [0.29, 0.717) is 17.6 Å². The Morgan fingerprint density at radius 2 is 1.81 bits per heavy atom. The average Bonchev–Trinajstić information content (AvgIpc) is 2.72. The number of benzene rings is 2. The van der Waals surface area contributed by atoms with Gasteiger partial charge in [0.05, 0.1) is 17.2 Å². The standard InChI is InChI=1S/C22H13N3O2/c23-11-15-2-1-3-17(9-15)16-6-4-14(5-7-16)8-18-10-20(26)21-19(22(18)27)12-24-13-25-21/h1-7,9-10,12-13H,8H2. The van der Waals surface area contributed by atoms with Gasteiger partial charge in [0.15, 0.2) is 5.78 Å². The zero-order valence-corrected chi connectivity index (χ0v) is 14.2. The van der Waals surface area contributed by atoms with Gasteiger partial charge in [-0.1, -0.05) is 36.4 Å². The number of carbonyl (C=O) groups excluding carboxylic acids is 2. The Hall–Kier alpha value is -3.91. The molecule has 128 valence electrons. The van der Waals surface area contributed by atoms with E-state index in [0.717, 1.165) is 16.7 Å². The van der Waals surface area contributed by atoms with Crippen LogP contribution in [0.2, 0.25) is 0 Å². The largest absolute Gasteiger partial charge is 0.289 e. The molecule has 0 bridgehead atoms. The minimum absolute atomic E-state index is 0.159. The van der Waals surface area contributed by atoms with E-state index < -0.39 is 0 Å². The van der Waals surface area contributed by atoms with Crippen LogP contribution in [-0.4, -0.2) is 21.5 Å². The molecule has 1 aliphatic rings. The van der Waals surface area contributed by atoms with E-state index in [-0.39, 0.29) is 22.8 Å². The van der Waals surface area contributed by atoms with Crippen LogP contribution in [-0.2, 0) is 6.42 Å². The molecule has 1 aliphatic carbocycles. The van der Waals surface area contributed by atoms with Gasteiger partial charge in [-0.15, -0.1) is 0 Å². The number of ketones is 2. The average molecular weight is 351 g/mol. The molecule has 27 heavy (non-hydrogen) atoms. The zero-order valence-electron chi connectivity index (χ0n) is 14.2. The maximum Gasteiger partial charge on any atom is 0.205 e. The van der Waals surface area contributed by atoms with Gasteiger partial charge in [-0.2, -0.15) is 5.26 Å². The minimum atomic E-state index is -0.271. The predicted molar refractivity (Wildman–Crippen MR) is 99.1 cm³/mol. The van der Waals surface area contributed by atoms with Gasteiger partial charge in [0.1, 0.15) is 12.0 Å². The monoisotopic (exact) mass is 351 g/mol. The molecule has 1 aromatic heterocycles. The summed E-state index contributed by atoms with van der Waals surface area (Å²) in [7, 11) is 0. The van der Waals surface area contributed by atoms with E-state index in [1.807, 2.05) is 42.5 Å². The molecule has 0 unspecified atom stereocenters. The predicted octanol–water partition coefficient (Wildman–Crippen LogP) is 3.56. The maximum atomic E-state index is 12.6. The van der Waals surface area contributed by atoms with E-state index in [4.69, 9.17) is 5.26 Å². The van der Waals surface area contributed by atoms with E-state index in [9.17, 15) is 9.59 Å². The Bertz CT molecular complexity index is 1140. The quantitative estimate of drug-likeness (QED) is 0.720. The summed E-state index contributed by atoms with van der Waals surface area (Å²) in [5.41, 5.74) is 4.30. The van der Waals surface area contributed by atoms with Crippen LogP contribution in [0.15, 0.2) is 72.7 Å². The Kier molecular flexibility index (Phi) is 4.15. The number of nitriles is 1. The van der Waals surface area contributed by atoms with Crippen molar-refractivity contribution in [1.29, 1.82) is 5.26 Å². The minimum Gasteiger partial charge on any atom is -0.289 e. The van der Waals surface area contributed by atoms with Crippen molar-refractivity contribution in [1.82, 2.24) is 9.97 Å². The van der Waals surface area contributed by atoms with Crippen LogP contribution < -0.4 is 0 Å². The first-order valence-corrected chi connectivity index (χ1v) is 8.35. The van der Waals surface area contributed by atoms with E-state index >= 15 is 0 Å². The molecule has 0 amide bonds. The number of rotatable bonds is 3. The smallest absolute Gasteiger partial charge is 0.205 e. The van der Waals surface area contributed by atoms with Crippen LogP contribution >= 0.6 is 0 Å². The van der Waals surface area contributed by atoms with Gasteiger partial charge < -0.3 is 0 Å². The summed E-state index contributed by atoms with van der Waals surface area (Å²) in [6.45, 7) is 0. The number of nitrogens with zero attached hydrogens (tertiary/aromatic N) is 3. The Morgan fingerprint density at radius 1 is 1.00 bits per heavy atom. The highest BCUT2D eigenvalue weighted by Crippen LogP contribution is 2.24. The number of Topliss-reactive ketones (excluding diaryl/α,β-unsaturated/α-hetero) is 1.